The van der Waals surface area contributed by atoms with Gasteiger partial charge < -0.3 is 14.8 Å². The number of rotatable bonds is 7. The van der Waals surface area contributed by atoms with Crippen LogP contribution in [0.25, 0.3) is 5.57 Å². The average Bonchev–Trinajstić information content (AvgIpc) is 3.14. The fourth-order valence-electron chi connectivity index (χ4n) is 5.29. The molecule has 5 nitrogen and oxygen atoms in total. The van der Waals surface area contributed by atoms with Crippen LogP contribution in [0.4, 0.5) is 4.39 Å². The van der Waals surface area contributed by atoms with Gasteiger partial charge in [-0.3, -0.25) is 9.59 Å². The van der Waals surface area contributed by atoms with Crippen LogP contribution in [0.2, 0.25) is 0 Å². The number of carbonyl (C=O) groups is 2. The average molecular weight is 490 g/mol. The third-order valence-corrected chi connectivity index (χ3v) is 7.32. The number of nitrogens with one attached hydrogen (secondary N) is 1. The lowest BCUT2D eigenvalue weighted by Crippen LogP contribution is -2.36. The van der Waals surface area contributed by atoms with Gasteiger partial charge in [0.25, 0.3) is 0 Å². The molecule has 0 saturated heterocycles. The van der Waals surface area contributed by atoms with Gasteiger partial charge in [-0.05, 0) is 53.0 Å². The monoisotopic (exact) mass is 489 g/mol. The van der Waals surface area contributed by atoms with Crippen molar-refractivity contribution in [2.24, 2.45) is 11.8 Å². The van der Waals surface area contributed by atoms with Crippen LogP contribution in [0.5, 0.6) is 0 Å². The van der Waals surface area contributed by atoms with Crippen molar-refractivity contribution in [1.29, 1.82) is 0 Å². The molecule has 0 heterocycles. The third-order valence-electron chi connectivity index (χ3n) is 7.32. The van der Waals surface area contributed by atoms with Crippen LogP contribution in [0.1, 0.15) is 43.4 Å². The van der Waals surface area contributed by atoms with E-state index in [9.17, 15) is 14.0 Å². The minimum absolute atomic E-state index is 0.0926. The maximum atomic E-state index is 14.4. The first-order chi connectivity index (χ1) is 17.3. The predicted octanol–water partition coefficient (Wildman–Crippen LogP) is 5.34. The summed E-state index contributed by atoms with van der Waals surface area (Å²) in [5, 5.41) is 3.03. The van der Waals surface area contributed by atoms with E-state index < -0.39 is 12.0 Å². The normalized spacial score (nSPS) is 23.4. The van der Waals surface area contributed by atoms with Crippen molar-refractivity contribution in [1.82, 2.24) is 5.32 Å². The van der Waals surface area contributed by atoms with Crippen LogP contribution in [-0.4, -0.2) is 32.0 Å². The molecule has 4 atom stereocenters. The van der Waals surface area contributed by atoms with Gasteiger partial charge in [-0.1, -0.05) is 61.9 Å². The van der Waals surface area contributed by atoms with Crippen molar-refractivity contribution in [3.05, 3.63) is 100 Å². The summed E-state index contributed by atoms with van der Waals surface area (Å²) >= 11 is 0. The topological polar surface area (TPSA) is 64.6 Å². The second-order valence-corrected chi connectivity index (χ2v) is 9.46. The number of benzene rings is 2. The Morgan fingerprint density at radius 3 is 2.56 bits per heavy atom. The van der Waals surface area contributed by atoms with Crippen LogP contribution in [0.15, 0.2) is 77.6 Å². The SMILES string of the molecule is COC1=C/C(=C\C2=C(C)C(C(C)C(=O)NCc3ccccc3)c3cc(F)ccc32)C(C)[C@@H](OC)C1=O. The summed E-state index contributed by atoms with van der Waals surface area (Å²) in [5.74, 6) is -1.26. The fourth-order valence-corrected chi connectivity index (χ4v) is 5.29. The maximum Gasteiger partial charge on any atom is 0.226 e. The number of allylic oxidation sites excluding steroid dienone is 4. The fraction of sp³-hybridized carbons (Fsp3) is 0.333. The number of halogens is 1. The van der Waals surface area contributed by atoms with Gasteiger partial charge in [0.15, 0.2) is 5.76 Å². The van der Waals surface area contributed by atoms with Crippen LogP contribution >= 0.6 is 0 Å². The number of hydrogen-bond acceptors (Lipinski definition) is 4. The molecular weight excluding hydrogens is 457 g/mol. The minimum Gasteiger partial charge on any atom is -0.493 e. The number of amides is 1. The zero-order valence-corrected chi connectivity index (χ0v) is 21.3. The Kier molecular flexibility index (Phi) is 7.55. The smallest absolute Gasteiger partial charge is 0.226 e. The van der Waals surface area contributed by atoms with E-state index in [1.54, 1.807) is 12.1 Å². The molecule has 2 aromatic rings. The minimum atomic E-state index is -0.648. The van der Waals surface area contributed by atoms with E-state index in [4.69, 9.17) is 9.47 Å². The van der Waals surface area contributed by atoms with E-state index in [1.807, 2.05) is 57.2 Å². The number of ether oxygens (including phenoxy) is 2. The van der Waals surface area contributed by atoms with Gasteiger partial charge >= 0.3 is 0 Å². The molecule has 0 fully saturated rings. The molecule has 188 valence electrons. The van der Waals surface area contributed by atoms with Crippen molar-refractivity contribution >= 4 is 17.3 Å². The molecule has 6 heteroatoms. The summed E-state index contributed by atoms with van der Waals surface area (Å²) in [6.07, 6.45) is 3.11. The number of hydrogen-bond donors (Lipinski definition) is 1. The van der Waals surface area contributed by atoms with E-state index >= 15 is 0 Å². The number of carbonyl (C=O) groups excluding carboxylic acids is 2. The quantitative estimate of drug-likeness (QED) is 0.570. The molecule has 0 radical (unpaired) electrons. The van der Waals surface area contributed by atoms with E-state index in [2.05, 4.69) is 5.32 Å². The molecule has 0 spiro atoms. The standard InChI is InChI=1S/C30H32FNO4/c1-17-21(14-26(35-4)28(33)29(17)36-5)13-24-18(2)27(25-15-22(31)11-12-23(24)25)19(3)30(34)32-16-20-9-7-6-8-10-20/h6-15,17,19,27,29H,16H2,1-5H3,(H,32,34)/b21-13+/t17?,19?,27?,29-/m1/s1. The molecule has 2 aliphatic carbocycles. The highest BCUT2D eigenvalue weighted by Gasteiger charge is 2.38. The van der Waals surface area contributed by atoms with Crippen molar-refractivity contribution in [3.8, 4) is 0 Å². The number of ketones is 1. The number of methoxy groups -OCH3 is 2. The lowest BCUT2D eigenvalue weighted by Gasteiger charge is -2.28. The highest BCUT2D eigenvalue weighted by Crippen LogP contribution is 2.47. The Hall–Kier alpha value is -3.51. The Morgan fingerprint density at radius 1 is 1.17 bits per heavy atom. The molecule has 1 amide bonds. The predicted molar refractivity (Wildman–Crippen MR) is 137 cm³/mol. The third kappa shape index (κ3) is 4.78. The Morgan fingerprint density at radius 2 is 1.89 bits per heavy atom. The lowest BCUT2D eigenvalue weighted by molar-refractivity contribution is -0.130. The summed E-state index contributed by atoms with van der Waals surface area (Å²) in [6, 6.07) is 14.5. The van der Waals surface area contributed by atoms with Gasteiger partial charge in [-0.25, -0.2) is 4.39 Å². The summed E-state index contributed by atoms with van der Waals surface area (Å²) in [7, 11) is 2.98. The summed E-state index contributed by atoms with van der Waals surface area (Å²) in [4.78, 5) is 25.8. The maximum absolute atomic E-state index is 14.4. The Bertz CT molecular complexity index is 1260. The molecule has 36 heavy (non-hydrogen) atoms. The first-order valence-corrected chi connectivity index (χ1v) is 12.1. The van der Waals surface area contributed by atoms with Gasteiger partial charge in [0, 0.05) is 31.4 Å². The van der Waals surface area contributed by atoms with Crippen LogP contribution in [0, 0.1) is 17.7 Å². The first-order valence-electron chi connectivity index (χ1n) is 12.1. The summed E-state index contributed by atoms with van der Waals surface area (Å²) < 4.78 is 25.2. The molecule has 0 aromatic heterocycles. The zero-order chi connectivity index (χ0) is 26.0. The molecule has 1 N–H and O–H groups in total. The van der Waals surface area contributed by atoms with E-state index in [0.717, 1.165) is 33.4 Å². The second-order valence-electron chi connectivity index (χ2n) is 9.46. The molecule has 2 aromatic carbocycles. The van der Waals surface area contributed by atoms with E-state index in [0.29, 0.717) is 6.54 Å². The highest BCUT2D eigenvalue weighted by atomic mass is 19.1. The van der Waals surface area contributed by atoms with Gasteiger partial charge in [0.05, 0.1) is 7.11 Å². The van der Waals surface area contributed by atoms with Gasteiger partial charge in [-0.15, -0.1) is 0 Å². The van der Waals surface area contributed by atoms with Gasteiger partial charge in [0.1, 0.15) is 11.9 Å². The van der Waals surface area contributed by atoms with Gasteiger partial charge in [0.2, 0.25) is 11.7 Å². The van der Waals surface area contributed by atoms with Crippen molar-refractivity contribution in [2.75, 3.05) is 14.2 Å². The molecule has 2 aliphatic rings. The molecule has 4 rings (SSSR count). The van der Waals surface area contributed by atoms with Crippen LogP contribution < -0.4 is 5.32 Å². The van der Waals surface area contributed by atoms with E-state index in [-0.39, 0.29) is 35.1 Å². The van der Waals surface area contributed by atoms with Gasteiger partial charge in [-0.2, -0.15) is 0 Å². The molecular formula is C30H32FNO4. The number of Topliss-reactive ketones (excluding diaryl/α,β-unsaturated/α-hetero) is 1. The second kappa shape index (κ2) is 10.6. The molecule has 3 unspecified atom stereocenters. The van der Waals surface area contributed by atoms with Crippen molar-refractivity contribution in [2.45, 2.75) is 39.3 Å². The first kappa shape index (κ1) is 25.6. The molecule has 0 aliphatic heterocycles. The Balaban J connectivity index is 1.71. The number of fused-ring (bicyclic) bond motifs is 1. The highest BCUT2D eigenvalue weighted by molar-refractivity contribution is 6.00. The zero-order valence-electron chi connectivity index (χ0n) is 21.3. The largest absolute Gasteiger partial charge is 0.493 e. The van der Waals surface area contributed by atoms with Crippen molar-refractivity contribution < 1.29 is 23.5 Å². The lowest BCUT2D eigenvalue weighted by atomic mass is 9.83. The molecule has 0 saturated carbocycles. The van der Waals surface area contributed by atoms with Crippen LogP contribution in [0.3, 0.4) is 0 Å². The Labute approximate surface area is 211 Å². The van der Waals surface area contributed by atoms with Crippen LogP contribution in [-0.2, 0) is 25.6 Å². The van der Waals surface area contributed by atoms with E-state index in [1.165, 1.54) is 26.4 Å². The molecule has 0 bridgehead atoms. The summed E-state index contributed by atoms with van der Waals surface area (Å²) in [6.45, 7) is 6.24. The van der Waals surface area contributed by atoms with Crippen molar-refractivity contribution in [3.63, 3.8) is 0 Å². The summed E-state index contributed by atoms with van der Waals surface area (Å²) in [5.41, 5.74) is 5.49.